The normalized spacial score (nSPS) is 17.4. The van der Waals surface area contributed by atoms with Gasteiger partial charge in [-0.15, -0.1) is 0 Å². The van der Waals surface area contributed by atoms with E-state index in [0.29, 0.717) is 12.5 Å². The Morgan fingerprint density at radius 1 is 1.17 bits per heavy atom. The Morgan fingerprint density at radius 2 is 1.83 bits per heavy atom. The van der Waals surface area contributed by atoms with E-state index in [1.165, 1.54) is 37.9 Å². The van der Waals surface area contributed by atoms with E-state index in [1.54, 1.807) is 14.2 Å². The van der Waals surface area contributed by atoms with Gasteiger partial charge in [0.05, 0.1) is 25.3 Å². The molecule has 0 spiro atoms. The van der Waals surface area contributed by atoms with Crippen LogP contribution in [0.3, 0.4) is 0 Å². The number of hydrogen-bond acceptors (Lipinski definition) is 4. The zero-order chi connectivity index (χ0) is 16.4. The lowest BCUT2D eigenvalue weighted by Crippen LogP contribution is -2.20. The highest BCUT2D eigenvalue weighted by Gasteiger charge is 2.25. The van der Waals surface area contributed by atoms with Gasteiger partial charge in [-0.2, -0.15) is 0 Å². The van der Waals surface area contributed by atoms with Gasteiger partial charge in [0.2, 0.25) is 0 Å². The summed E-state index contributed by atoms with van der Waals surface area (Å²) >= 11 is 0. The van der Waals surface area contributed by atoms with E-state index in [4.69, 9.17) is 20.2 Å². The molecule has 1 heterocycles. The van der Waals surface area contributed by atoms with Crippen molar-refractivity contribution in [2.45, 2.75) is 51.0 Å². The van der Waals surface area contributed by atoms with Crippen molar-refractivity contribution in [1.82, 2.24) is 9.55 Å². The summed E-state index contributed by atoms with van der Waals surface area (Å²) in [5.74, 6) is 3.16. The van der Waals surface area contributed by atoms with E-state index in [1.807, 2.05) is 12.1 Å². The summed E-state index contributed by atoms with van der Waals surface area (Å²) < 4.78 is 13.2. The molecular formula is C18H27N3O2. The zero-order valence-electron chi connectivity index (χ0n) is 14.3. The van der Waals surface area contributed by atoms with Crippen LogP contribution in [0.25, 0.3) is 11.0 Å². The Hall–Kier alpha value is -1.75. The van der Waals surface area contributed by atoms with E-state index in [2.05, 4.69) is 11.5 Å². The maximum absolute atomic E-state index is 5.97. The fourth-order valence-electron chi connectivity index (χ4n) is 3.66. The number of aromatic nitrogens is 2. The monoisotopic (exact) mass is 317 g/mol. The first-order valence-electron chi connectivity index (χ1n) is 8.53. The molecule has 0 saturated heterocycles. The summed E-state index contributed by atoms with van der Waals surface area (Å²) in [7, 11) is 3.32. The summed E-state index contributed by atoms with van der Waals surface area (Å²) in [6.07, 6.45) is 6.35. The maximum Gasteiger partial charge on any atom is 0.163 e. The van der Waals surface area contributed by atoms with Gasteiger partial charge in [0.25, 0.3) is 0 Å². The Labute approximate surface area is 137 Å². The number of ether oxygens (including phenoxy) is 2. The molecule has 1 saturated carbocycles. The van der Waals surface area contributed by atoms with Gasteiger partial charge < -0.3 is 19.8 Å². The van der Waals surface area contributed by atoms with E-state index in [-0.39, 0.29) is 6.04 Å². The van der Waals surface area contributed by atoms with Crippen molar-refractivity contribution in [2.75, 3.05) is 20.8 Å². The van der Waals surface area contributed by atoms with E-state index >= 15 is 0 Å². The van der Waals surface area contributed by atoms with Crippen molar-refractivity contribution in [3.63, 3.8) is 0 Å². The molecule has 1 aliphatic rings. The molecule has 1 aromatic carbocycles. The minimum absolute atomic E-state index is 0.218. The second kappa shape index (κ2) is 6.79. The van der Waals surface area contributed by atoms with Crippen LogP contribution in [0.1, 0.15) is 56.8 Å². The Kier molecular flexibility index (Phi) is 4.76. The number of nitrogens with zero attached hydrogens (tertiary/aromatic N) is 2. The van der Waals surface area contributed by atoms with Gasteiger partial charge in [0.15, 0.2) is 11.5 Å². The summed E-state index contributed by atoms with van der Waals surface area (Å²) in [6, 6.07) is 4.22. The van der Waals surface area contributed by atoms with E-state index in [0.717, 1.165) is 22.5 Å². The molecule has 5 heteroatoms. The lowest BCUT2D eigenvalue weighted by atomic mass is 9.88. The topological polar surface area (TPSA) is 62.3 Å². The second-order valence-corrected chi connectivity index (χ2v) is 6.46. The van der Waals surface area contributed by atoms with Gasteiger partial charge >= 0.3 is 0 Å². The van der Waals surface area contributed by atoms with Crippen LogP contribution in [0.15, 0.2) is 12.1 Å². The molecular weight excluding hydrogens is 290 g/mol. The number of fused-ring (bicyclic) bond motifs is 1. The molecule has 0 amide bonds. The fourth-order valence-corrected chi connectivity index (χ4v) is 3.66. The molecule has 0 bridgehead atoms. The number of benzene rings is 1. The number of rotatable bonds is 5. The van der Waals surface area contributed by atoms with Gasteiger partial charge in [-0.3, -0.25) is 0 Å². The summed E-state index contributed by atoms with van der Waals surface area (Å²) in [5, 5.41) is 0. The van der Waals surface area contributed by atoms with Crippen molar-refractivity contribution in [3.8, 4) is 11.5 Å². The molecule has 5 nitrogen and oxygen atoms in total. The number of hydrogen-bond donors (Lipinski definition) is 1. The van der Waals surface area contributed by atoms with E-state index in [9.17, 15) is 0 Å². The highest BCUT2D eigenvalue weighted by atomic mass is 16.5. The van der Waals surface area contributed by atoms with Crippen molar-refractivity contribution < 1.29 is 9.47 Å². The molecule has 0 radical (unpaired) electrons. The number of imidazole rings is 1. The molecule has 2 aromatic rings. The van der Waals surface area contributed by atoms with Crippen molar-refractivity contribution in [1.29, 1.82) is 0 Å². The van der Waals surface area contributed by atoms with Gasteiger partial charge in [-0.1, -0.05) is 19.3 Å². The van der Waals surface area contributed by atoms with Crippen LogP contribution in [0.5, 0.6) is 11.5 Å². The number of methoxy groups -OCH3 is 2. The Morgan fingerprint density at radius 3 is 2.43 bits per heavy atom. The molecule has 3 rings (SSSR count). The average molecular weight is 317 g/mol. The smallest absolute Gasteiger partial charge is 0.163 e. The number of nitrogens with two attached hydrogens (primary N) is 1. The third kappa shape index (κ3) is 2.90. The predicted molar refractivity (Wildman–Crippen MR) is 92.4 cm³/mol. The third-order valence-corrected chi connectivity index (χ3v) is 4.97. The van der Waals surface area contributed by atoms with Crippen molar-refractivity contribution >= 4 is 11.0 Å². The minimum atomic E-state index is 0.218. The maximum atomic E-state index is 5.97. The third-order valence-electron chi connectivity index (χ3n) is 4.97. The Bertz CT molecular complexity index is 674. The highest BCUT2D eigenvalue weighted by molar-refractivity contribution is 5.81. The van der Waals surface area contributed by atoms with Crippen LogP contribution < -0.4 is 15.2 Å². The van der Waals surface area contributed by atoms with E-state index < -0.39 is 0 Å². The highest BCUT2D eigenvalue weighted by Crippen LogP contribution is 2.38. The average Bonchev–Trinajstić information content (AvgIpc) is 2.98. The fraction of sp³-hybridized carbons (Fsp3) is 0.611. The predicted octanol–water partition coefficient (Wildman–Crippen LogP) is 3.62. The van der Waals surface area contributed by atoms with Crippen LogP contribution in [-0.4, -0.2) is 30.3 Å². The first kappa shape index (κ1) is 16.1. The molecule has 23 heavy (non-hydrogen) atoms. The van der Waals surface area contributed by atoms with Crippen LogP contribution in [0.4, 0.5) is 0 Å². The zero-order valence-corrected chi connectivity index (χ0v) is 14.3. The lowest BCUT2D eigenvalue weighted by molar-refractivity contribution is 0.355. The standard InChI is InChI=1S/C18H27N3O2/c1-12(11-19)21-15-10-17(23-3)16(22-2)9-14(15)20-18(21)13-7-5-4-6-8-13/h9-10,12-13H,4-8,11,19H2,1-3H3. The van der Waals surface area contributed by atoms with Gasteiger partial charge in [0.1, 0.15) is 5.82 Å². The molecule has 1 fully saturated rings. The first-order valence-corrected chi connectivity index (χ1v) is 8.53. The molecule has 0 aliphatic heterocycles. The van der Waals surface area contributed by atoms with Crippen molar-refractivity contribution in [2.24, 2.45) is 5.73 Å². The quantitative estimate of drug-likeness (QED) is 0.915. The SMILES string of the molecule is COc1cc2nc(C3CCCCC3)n(C(C)CN)c2cc1OC. The molecule has 1 atom stereocenters. The summed E-state index contributed by atoms with van der Waals surface area (Å²) in [5.41, 5.74) is 8.02. The van der Waals surface area contributed by atoms with Crippen LogP contribution >= 0.6 is 0 Å². The molecule has 2 N–H and O–H groups in total. The molecule has 1 aromatic heterocycles. The largest absolute Gasteiger partial charge is 0.493 e. The summed E-state index contributed by atoms with van der Waals surface area (Å²) in [6.45, 7) is 2.75. The lowest BCUT2D eigenvalue weighted by Gasteiger charge is -2.24. The van der Waals surface area contributed by atoms with Crippen LogP contribution in [0.2, 0.25) is 0 Å². The van der Waals surface area contributed by atoms with Crippen LogP contribution in [-0.2, 0) is 0 Å². The van der Waals surface area contributed by atoms with Gasteiger partial charge in [-0.05, 0) is 19.8 Å². The molecule has 1 unspecified atom stereocenters. The van der Waals surface area contributed by atoms with Crippen LogP contribution in [0, 0.1) is 0 Å². The molecule has 126 valence electrons. The van der Waals surface area contributed by atoms with Crippen molar-refractivity contribution in [3.05, 3.63) is 18.0 Å². The molecule has 1 aliphatic carbocycles. The van der Waals surface area contributed by atoms with Gasteiger partial charge in [0, 0.05) is 30.6 Å². The summed E-state index contributed by atoms with van der Waals surface area (Å²) in [4.78, 5) is 4.96. The minimum Gasteiger partial charge on any atom is -0.493 e. The Balaban J connectivity index is 2.17. The second-order valence-electron chi connectivity index (χ2n) is 6.46. The van der Waals surface area contributed by atoms with Gasteiger partial charge in [-0.25, -0.2) is 4.98 Å². The first-order chi connectivity index (χ1) is 11.2.